The van der Waals surface area contributed by atoms with Crippen molar-refractivity contribution in [2.45, 2.75) is 46.1 Å². The van der Waals surface area contributed by atoms with Crippen molar-refractivity contribution in [3.63, 3.8) is 0 Å². The van der Waals surface area contributed by atoms with Gasteiger partial charge in [-0.3, -0.25) is 0 Å². The third-order valence-corrected chi connectivity index (χ3v) is 3.74. The van der Waals surface area contributed by atoms with Gasteiger partial charge in [0.2, 0.25) is 0 Å². The standard InChI is InChI=1S/C17H23N/c1-14-10-11-15(2)18(14)17(3,4)13-12-16-8-6-5-7-9-16/h5-11H,12-13H2,1-4H3. The minimum Gasteiger partial charge on any atom is -0.344 e. The minimum absolute atomic E-state index is 0.174. The first kappa shape index (κ1) is 12.9. The van der Waals surface area contributed by atoms with Crippen LogP contribution >= 0.6 is 0 Å². The molecule has 0 amide bonds. The van der Waals surface area contributed by atoms with Gasteiger partial charge in [-0.25, -0.2) is 0 Å². The van der Waals surface area contributed by atoms with E-state index in [9.17, 15) is 0 Å². The van der Waals surface area contributed by atoms with Crippen molar-refractivity contribution >= 4 is 0 Å². The van der Waals surface area contributed by atoms with E-state index in [1.807, 2.05) is 0 Å². The lowest BCUT2D eigenvalue weighted by molar-refractivity contribution is 0.317. The largest absolute Gasteiger partial charge is 0.344 e. The molecule has 96 valence electrons. The zero-order valence-corrected chi connectivity index (χ0v) is 11.9. The molecule has 1 heterocycles. The zero-order chi connectivity index (χ0) is 13.2. The van der Waals surface area contributed by atoms with Crippen molar-refractivity contribution < 1.29 is 0 Å². The van der Waals surface area contributed by atoms with Gasteiger partial charge in [-0.05, 0) is 58.2 Å². The van der Waals surface area contributed by atoms with Crippen LogP contribution < -0.4 is 0 Å². The Hall–Kier alpha value is -1.50. The Morgan fingerprint density at radius 1 is 0.889 bits per heavy atom. The fourth-order valence-electron chi connectivity index (χ4n) is 2.83. The van der Waals surface area contributed by atoms with Gasteiger partial charge < -0.3 is 4.57 Å². The van der Waals surface area contributed by atoms with Crippen LogP contribution in [0.25, 0.3) is 0 Å². The second-order valence-corrected chi connectivity index (χ2v) is 5.75. The number of benzene rings is 1. The average molecular weight is 241 g/mol. The molecular weight excluding hydrogens is 218 g/mol. The number of nitrogens with zero attached hydrogens (tertiary/aromatic N) is 1. The lowest BCUT2D eigenvalue weighted by Gasteiger charge is -2.30. The summed E-state index contributed by atoms with van der Waals surface area (Å²) < 4.78 is 2.45. The lowest BCUT2D eigenvalue weighted by atomic mass is 9.94. The first-order valence-electron chi connectivity index (χ1n) is 6.70. The smallest absolute Gasteiger partial charge is 0.0391 e. The predicted molar refractivity (Wildman–Crippen MR) is 78.0 cm³/mol. The van der Waals surface area contributed by atoms with E-state index in [0.29, 0.717) is 0 Å². The molecule has 0 spiro atoms. The van der Waals surface area contributed by atoms with Gasteiger partial charge in [0.15, 0.2) is 0 Å². The maximum atomic E-state index is 2.45. The molecule has 0 aliphatic heterocycles. The van der Waals surface area contributed by atoms with Crippen LogP contribution in [0.3, 0.4) is 0 Å². The Kier molecular flexibility index (Phi) is 3.60. The first-order chi connectivity index (χ1) is 8.50. The lowest BCUT2D eigenvalue weighted by Crippen LogP contribution is -2.28. The molecule has 18 heavy (non-hydrogen) atoms. The van der Waals surface area contributed by atoms with E-state index in [1.165, 1.54) is 17.0 Å². The highest BCUT2D eigenvalue weighted by Crippen LogP contribution is 2.26. The Balaban J connectivity index is 2.13. The molecule has 0 saturated heterocycles. The molecule has 0 N–H and O–H groups in total. The van der Waals surface area contributed by atoms with Gasteiger partial charge >= 0.3 is 0 Å². The molecule has 2 aromatic rings. The molecule has 0 fully saturated rings. The van der Waals surface area contributed by atoms with Crippen molar-refractivity contribution in [2.75, 3.05) is 0 Å². The van der Waals surface area contributed by atoms with E-state index < -0.39 is 0 Å². The molecular formula is C17H23N. The predicted octanol–water partition coefficient (Wildman–Crippen LogP) is 4.47. The first-order valence-corrected chi connectivity index (χ1v) is 6.70. The Morgan fingerprint density at radius 3 is 2.00 bits per heavy atom. The summed E-state index contributed by atoms with van der Waals surface area (Å²) in [5.41, 5.74) is 4.30. The van der Waals surface area contributed by atoms with E-state index in [0.717, 1.165) is 12.8 Å². The highest BCUT2D eigenvalue weighted by Gasteiger charge is 2.22. The summed E-state index contributed by atoms with van der Waals surface area (Å²) in [6.45, 7) is 9.04. The summed E-state index contributed by atoms with van der Waals surface area (Å²) in [5, 5.41) is 0. The summed E-state index contributed by atoms with van der Waals surface area (Å²) in [5.74, 6) is 0. The van der Waals surface area contributed by atoms with Gasteiger partial charge in [0.1, 0.15) is 0 Å². The third-order valence-electron chi connectivity index (χ3n) is 3.74. The van der Waals surface area contributed by atoms with Crippen LogP contribution in [0.15, 0.2) is 42.5 Å². The molecule has 0 bridgehead atoms. The monoisotopic (exact) mass is 241 g/mol. The van der Waals surface area contributed by atoms with Crippen molar-refractivity contribution in [1.29, 1.82) is 0 Å². The van der Waals surface area contributed by atoms with Gasteiger partial charge in [0.25, 0.3) is 0 Å². The second-order valence-electron chi connectivity index (χ2n) is 5.75. The van der Waals surface area contributed by atoms with Gasteiger partial charge in [-0.15, -0.1) is 0 Å². The maximum Gasteiger partial charge on any atom is 0.0391 e. The van der Waals surface area contributed by atoms with Crippen LogP contribution in [0, 0.1) is 13.8 Å². The Morgan fingerprint density at radius 2 is 1.44 bits per heavy atom. The van der Waals surface area contributed by atoms with Crippen LogP contribution in [0.2, 0.25) is 0 Å². The molecule has 0 unspecified atom stereocenters. The molecule has 1 heteroatoms. The van der Waals surface area contributed by atoms with Crippen molar-refractivity contribution in [3.8, 4) is 0 Å². The molecule has 1 aromatic carbocycles. The van der Waals surface area contributed by atoms with Gasteiger partial charge in [0.05, 0.1) is 0 Å². The zero-order valence-electron chi connectivity index (χ0n) is 11.9. The highest BCUT2D eigenvalue weighted by molar-refractivity contribution is 5.18. The van der Waals surface area contributed by atoms with E-state index in [1.54, 1.807) is 0 Å². The number of hydrogen-bond acceptors (Lipinski definition) is 0. The molecule has 0 aliphatic rings. The highest BCUT2D eigenvalue weighted by atomic mass is 15.1. The molecule has 1 nitrogen and oxygen atoms in total. The molecule has 0 aliphatic carbocycles. The van der Waals surface area contributed by atoms with Crippen molar-refractivity contribution in [3.05, 3.63) is 59.4 Å². The van der Waals surface area contributed by atoms with Gasteiger partial charge in [-0.1, -0.05) is 30.3 Å². The summed E-state index contributed by atoms with van der Waals surface area (Å²) in [4.78, 5) is 0. The SMILES string of the molecule is Cc1ccc(C)n1C(C)(C)CCc1ccccc1. The summed E-state index contributed by atoms with van der Waals surface area (Å²) in [6, 6.07) is 15.2. The van der Waals surface area contributed by atoms with E-state index in [-0.39, 0.29) is 5.54 Å². The molecule has 0 radical (unpaired) electrons. The molecule has 1 aromatic heterocycles. The Labute approximate surface area is 110 Å². The van der Waals surface area contributed by atoms with Crippen LogP contribution in [0.5, 0.6) is 0 Å². The van der Waals surface area contributed by atoms with E-state index in [4.69, 9.17) is 0 Å². The second kappa shape index (κ2) is 5.01. The van der Waals surface area contributed by atoms with Crippen LogP contribution in [-0.2, 0) is 12.0 Å². The van der Waals surface area contributed by atoms with Crippen molar-refractivity contribution in [2.24, 2.45) is 0 Å². The molecule has 0 saturated carbocycles. The van der Waals surface area contributed by atoms with E-state index in [2.05, 4.69) is 74.7 Å². The quantitative estimate of drug-likeness (QED) is 0.744. The number of hydrogen-bond donors (Lipinski definition) is 0. The minimum atomic E-state index is 0.174. The summed E-state index contributed by atoms with van der Waals surface area (Å²) in [7, 11) is 0. The average Bonchev–Trinajstić information content (AvgIpc) is 2.69. The van der Waals surface area contributed by atoms with Gasteiger partial charge in [-0.2, -0.15) is 0 Å². The normalized spacial score (nSPS) is 11.8. The fraction of sp³-hybridized carbons (Fsp3) is 0.412. The molecule has 2 rings (SSSR count). The summed E-state index contributed by atoms with van der Waals surface area (Å²) >= 11 is 0. The fourth-order valence-corrected chi connectivity index (χ4v) is 2.83. The third kappa shape index (κ3) is 2.66. The van der Waals surface area contributed by atoms with Crippen LogP contribution in [-0.4, -0.2) is 4.57 Å². The Bertz CT molecular complexity index is 486. The van der Waals surface area contributed by atoms with Crippen LogP contribution in [0.1, 0.15) is 37.2 Å². The number of aromatic nitrogens is 1. The summed E-state index contributed by atoms with van der Waals surface area (Å²) in [6.07, 6.45) is 2.29. The van der Waals surface area contributed by atoms with Gasteiger partial charge in [0, 0.05) is 16.9 Å². The maximum absolute atomic E-state index is 2.45. The molecule has 0 atom stereocenters. The van der Waals surface area contributed by atoms with Crippen LogP contribution in [0.4, 0.5) is 0 Å². The number of aryl methyl sites for hydroxylation is 3. The van der Waals surface area contributed by atoms with E-state index >= 15 is 0 Å². The number of rotatable bonds is 4. The topological polar surface area (TPSA) is 4.93 Å². The van der Waals surface area contributed by atoms with Crippen molar-refractivity contribution in [1.82, 2.24) is 4.57 Å².